The molecule has 2 aliphatic heterocycles. The Bertz CT molecular complexity index is 690. The normalized spacial score (nSPS) is 19.9. The van der Waals surface area contributed by atoms with Crippen LogP contribution in [-0.4, -0.2) is 49.3 Å². The van der Waals surface area contributed by atoms with Gasteiger partial charge in [-0.25, -0.2) is 0 Å². The topological polar surface area (TPSA) is 34.6 Å². The van der Waals surface area contributed by atoms with E-state index >= 15 is 0 Å². The molecular formula is C23H30N2O2. The second-order valence-electron chi connectivity index (χ2n) is 7.68. The summed E-state index contributed by atoms with van der Waals surface area (Å²) in [5.74, 6) is 0.961. The minimum Gasteiger partial charge on any atom is -0.494 e. The molecule has 4 rings (SSSR count). The number of nitrogens with zero attached hydrogens (tertiary/aromatic N) is 2. The highest BCUT2D eigenvalue weighted by atomic mass is 16.5. The van der Waals surface area contributed by atoms with Crippen LogP contribution in [0, 0.1) is 0 Å². The molecule has 0 N–H and O–H groups in total. The Balaban J connectivity index is 1.40. The summed E-state index contributed by atoms with van der Waals surface area (Å²) in [4.78, 5) is 7.22. The predicted molar refractivity (Wildman–Crippen MR) is 107 cm³/mol. The molecular weight excluding hydrogens is 336 g/mol. The van der Waals surface area contributed by atoms with Gasteiger partial charge in [-0.15, -0.1) is 0 Å². The van der Waals surface area contributed by atoms with Crippen molar-refractivity contribution in [2.24, 2.45) is 0 Å². The maximum absolute atomic E-state index is 5.98. The van der Waals surface area contributed by atoms with Crippen LogP contribution < -0.4 is 4.74 Å². The van der Waals surface area contributed by atoms with Crippen LogP contribution in [0.2, 0.25) is 0 Å². The Morgan fingerprint density at radius 1 is 1.00 bits per heavy atom. The third-order valence-corrected chi connectivity index (χ3v) is 5.99. The number of hydrogen-bond donors (Lipinski definition) is 0. The van der Waals surface area contributed by atoms with Crippen LogP contribution >= 0.6 is 0 Å². The van der Waals surface area contributed by atoms with Crippen molar-refractivity contribution in [3.8, 4) is 5.75 Å². The van der Waals surface area contributed by atoms with Gasteiger partial charge in [-0.2, -0.15) is 0 Å². The minimum atomic E-state index is -0.0478. The van der Waals surface area contributed by atoms with Gasteiger partial charge in [0.15, 0.2) is 0 Å². The highest BCUT2D eigenvalue weighted by molar-refractivity contribution is 5.39. The number of benzene rings is 1. The van der Waals surface area contributed by atoms with Crippen molar-refractivity contribution < 1.29 is 9.47 Å². The summed E-state index contributed by atoms with van der Waals surface area (Å²) in [6.07, 6.45) is 7.64. The molecule has 0 aliphatic carbocycles. The molecule has 2 aromatic rings. The molecule has 0 spiro atoms. The van der Waals surface area contributed by atoms with Crippen molar-refractivity contribution in [1.29, 1.82) is 0 Å². The Kier molecular flexibility index (Phi) is 6.05. The molecule has 0 radical (unpaired) electrons. The van der Waals surface area contributed by atoms with E-state index in [4.69, 9.17) is 9.47 Å². The quantitative estimate of drug-likeness (QED) is 0.693. The summed E-state index contributed by atoms with van der Waals surface area (Å²) in [5.41, 5.74) is 2.41. The first-order valence-corrected chi connectivity index (χ1v) is 10.3. The zero-order valence-electron chi connectivity index (χ0n) is 16.1. The van der Waals surface area contributed by atoms with Crippen LogP contribution in [0.3, 0.4) is 0 Å². The fourth-order valence-corrected chi connectivity index (χ4v) is 4.41. The van der Waals surface area contributed by atoms with Gasteiger partial charge < -0.3 is 14.4 Å². The monoisotopic (exact) mass is 366 g/mol. The minimum absolute atomic E-state index is 0.0478. The maximum atomic E-state index is 5.98. The van der Waals surface area contributed by atoms with Crippen LogP contribution in [0.15, 0.2) is 48.7 Å². The molecule has 144 valence electrons. The molecule has 1 aromatic heterocycles. The predicted octanol–water partition coefficient (Wildman–Crippen LogP) is 4.04. The molecule has 4 heteroatoms. The Hall–Kier alpha value is -1.91. The highest BCUT2D eigenvalue weighted by Gasteiger charge is 2.37. The molecule has 0 bridgehead atoms. The van der Waals surface area contributed by atoms with Gasteiger partial charge in [0.05, 0.1) is 12.3 Å². The molecule has 27 heavy (non-hydrogen) atoms. The molecule has 2 fully saturated rings. The SMILES string of the molecule is c1ccc(C2(c3ccc(OCCCN4CCCC4)cc3)CCOCC2)nc1. The van der Waals surface area contributed by atoms with Crippen LogP contribution in [0.25, 0.3) is 0 Å². The van der Waals surface area contributed by atoms with Crippen molar-refractivity contribution in [3.63, 3.8) is 0 Å². The van der Waals surface area contributed by atoms with Gasteiger partial charge in [-0.1, -0.05) is 18.2 Å². The molecule has 2 aliphatic rings. The summed E-state index contributed by atoms with van der Waals surface area (Å²) in [6.45, 7) is 6.02. The van der Waals surface area contributed by atoms with Crippen molar-refractivity contribution >= 4 is 0 Å². The average Bonchev–Trinajstić information content (AvgIpc) is 3.26. The van der Waals surface area contributed by atoms with Gasteiger partial charge in [0.2, 0.25) is 0 Å². The van der Waals surface area contributed by atoms with Gasteiger partial charge in [0.1, 0.15) is 5.75 Å². The second kappa shape index (κ2) is 8.85. The molecule has 1 aromatic carbocycles. The molecule has 4 nitrogen and oxygen atoms in total. The lowest BCUT2D eigenvalue weighted by Crippen LogP contribution is -2.35. The number of pyridine rings is 1. The summed E-state index contributed by atoms with van der Waals surface area (Å²) in [5, 5.41) is 0. The lowest BCUT2D eigenvalue weighted by molar-refractivity contribution is 0.0618. The summed E-state index contributed by atoms with van der Waals surface area (Å²) in [6, 6.07) is 14.9. The van der Waals surface area contributed by atoms with Crippen molar-refractivity contribution in [3.05, 3.63) is 59.9 Å². The number of hydrogen-bond acceptors (Lipinski definition) is 4. The van der Waals surface area contributed by atoms with Gasteiger partial charge in [0.25, 0.3) is 0 Å². The fraction of sp³-hybridized carbons (Fsp3) is 0.522. The van der Waals surface area contributed by atoms with E-state index in [2.05, 4.69) is 46.3 Å². The van der Waals surface area contributed by atoms with E-state index < -0.39 is 0 Å². The van der Waals surface area contributed by atoms with E-state index in [1.807, 2.05) is 12.3 Å². The Labute approximate surface area is 162 Å². The standard InChI is InChI=1S/C23H30N2O2/c1-2-13-24-22(6-1)23(11-18-26-19-12-23)20-7-9-21(10-8-20)27-17-5-16-25-14-3-4-15-25/h1-2,6-10,13H,3-5,11-12,14-19H2. The van der Waals surface area contributed by atoms with Crippen LogP contribution in [0.1, 0.15) is 43.4 Å². The third-order valence-electron chi connectivity index (χ3n) is 5.99. The van der Waals surface area contributed by atoms with E-state index in [-0.39, 0.29) is 5.41 Å². The van der Waals surface area contributed by atoms with E-state index in [0.29, 0.717) is 0 Å². The lowest BCUT2D eigenvalue weighted by atomic mass is 9.71. The van der Waals surface area contributed by atoms with Crippen molar-refractivity contribution in [2.75, 3.05) is 39.5 Å². The number of aromatic nitrogens is 1. The van der Waals surface area contributed by atoms with Gasteiger partial charge in [-0.3, -0.25) is 4.98 Å². The Morgan fingerprint density at radius 3 is 2.48 bits per heavy atom. The molecule has 0 saturated carbocycles. The third kappa shape index (κ3) is 4.33. The zero-order valence-corrected chi connectivity index (χ0v) is 16.1. The molecule has 0 atom stereocenters. The number of ether oxygens (including phenoxy) is 2. The van der Waals surface area contributed by atoms with Crippen molar-refractivity contribution in [1.82, 2.24) is 9.88 Å². The van der Waals surface area contributed by atoms with Crippen molar-refractivity contribution in [2.45, 2.75) is 37.5 Å². The summed E-state index contributed by atoms with van der Waals surface area (Å²) in [7, 11) is 0. The first-order valence-electron chi connectivity index (χ1n) is 10.3. The van der Waals surface area contributed by atoms with Crippen LogP contribution in [0.5, 0.6) is 5.75 Å². The van der Waals surface area contributed by atoms with Gasteiger partial charge in [0, 0.05) is 31.4 Å². The van der Waals surface area contributed by atoms with Gasteiger partial charge >= 0.3 is 0 Å². The summed E-state index contributed by atoms with van der Waals surface area (Å²) < 4.78 is 11.6. The maximum Gasteiger partial charge on any atom is 0.119 e. The summed E-state index contributed by atoms with van der Waals surface area (Å²) >= 11 is 0. The first-order chi connectivity index (χ1) is 13.4. The average molecular weight is 367 g/mol. The lowest BCUT2D eigenvalue weighted by Gasteiger charge is -2.37. The number of likely N-dealkylation sites (tertiary alicyclic amines) is 1. The molecule has 3 heterocycles. The smallest absolute Gasteiger partial charge is 0.119 e. The largest absolute Gasteiger partial charge is 0.494 e. The van der Waals surface area contributed by atoms with Gasteiger partial charge in [-0.05, 0) is 75.0 Å². The first kappa shape index (κ1) is 18.5. The van der Waals surface area contributed by atoms with E-state index in [1.165, 1.54) is 31.5 Å². The number of rotatable bonds is 7. The second-order valence-corrected chi connectivity index (χ2v) is 7.68. The van der Waals surface area contributed by atoms with E-state index in [0.717, 1.165) is 57.1 Å². The highest BCUT2D eigenvalue weighted by Crippen LogP contribution is 2.40. The molecule has 2 saturated heterocycles. The molecule has 0 amide bonds. The Morgan fingerprint density at radius 2 is 1.78 bits per heavy atom. The van der Waals surface area contributed by atoms with Crippen LogP contribution in [0.4, 0.5) is 0 Å². The zero-order chi connectivity index (χ0) is 18.4. The molecule has 0 unspecified atom stereocenters. The fourth-order valence-electron chi connectivity index (χ4n) is 4.41. The van der Waals surface area contributed by atoms with Crippen LogP contribution in [-0.2, 0) is 10.2 Å². The van der Waals surface area contributed by atoms with E-state index in [1.54, 1.807) is 0 Å². The van der Waals surface area contributed by atoms with E-state index in [9.17, 15) is 0 Å².